The molecule has 1 aromatic carbocycles. The van der Waals surface area contributed by atoms with Crippen LogP contribution in [0.5, 0.6) is 0 Å². The molecule has 8 nitrogen and oxygen atoms in total. The van der Waals surface area contributed by atoms with E-state index >= 15 is 0 Å². The summed E-state index contributed by atoms with van der Waals surface area (Å²) in [7, 11) is -3.65. The molecule has 1 aromatic rings. The van der Waals surface area contributed by atoms with Gasteiger partial charge in [-0.25, -0.2) is 13.1 Å². The molecule has 0 bridgehead atoms. The predicted octanol–water partition coefficient (Wildman–Crippen LogP) is 0.0232. The molecule has 0 atom stereocenters. The molecule has 2 aliphatic heterocycles. The minimum atomic E-state index is -3.65. The highest BCUT2D eigenvalue weighted by Crippen LogP contribution is 2.22. The van der Waals surface area contributed by atoms with Gasteiger partial charge in [-0.2, -0.15) is 0 Å². The molecule has 0 aliphatic carbocycles. The van der Waals surface area contributed by atoms with Crippen molar-refractivity contribution in [3.8, 4) is 0 Å². The average Bonchev–Trinajstić information content (AvgIpc) is 2.86. The Bertz CT molecular complexity index is 830. The summed E-state index contributed by atoms with van der Waals surface area (Å²) in [6.07, 6.45) is 0.508. The number of imide groups is 1. The van der Waals surface area contributed by atoms with Crippen LogP contribution in [0.15, 0.2) is 29.2 Å². The second kappa shape index (κ2) is 7.16. The highest BCUT2D eigenvalue weighted by Gasteiger charge is 2.42. The van der Waals surface area contributed by atoms with Crippen molar-refractivity contribution >= 4 is 27.7 Å². The molecular weight excluding hydrogens is 358 g/mol. The second-order valence-corrected chi connectivity index (χ2v) is 8.34. The molecule has 0 unspecified atom stereocenters. The Kier molecular flexibility index (Phi) is 5.10. The van der Waals surface area contributed by atoms with E-state index in [2.05, 4.69) is 4.72 Å². The third-order valence-electron chi connectivity index (χ3n) is 4.60. The molecule has 0 saturated carbocycles. The molecule has 3 amide bonds. The van der Waals surface area contributed by atoms with E-state index in [1.165, 1.54) is 15.9 Å². The molecule has 140 valence electrons. The van der Waals surface area contributed by atoms with Gasteiger partial charge in [0.25, 0.3) is 0 Å². The molecule has 2 saturated heterocycles. The number of aryl methyl sites for hydroxylation is 1. The normalized spacial score (nSPS) is 18.3. The lowest BCUT2D eigenvalue weighted by Gasteiger charge is -2.43. The molecule has 1 N–H and O–H groups in total. The van der Waals surface area contributed by atoms with Crippen molar-refractivity contribution in [3.63, 3.8) is 0 Å². The Morgan fingerprint density at radius 3 is 2.46 bits per heavy atom. The summed E-state index contributed by atoms with van der Waals surface area (Å²) in [5, 5.41) is 0. The van der Waals surface area contributed by atoms with E-state index in [0.29, 0.717) is 13.1 Å². The van der Waals surface area contributed by atoms with Crippen LogP contribution in [0.4, 0.5) is 0 Å². The number of rotatable bonds is 6. The molecule has 2 aliphatic rings. The first-order valence-corrected chi connectivity index (χ1v) is 9.95. The summed E-state index contributed by atoms with van der Waals surface area (Å²) in [5.74, 6) is -0.566. The highest BCUT2D eigenvalue weighted by atomic mass is 32.2. The number of amides is 3. The van der Waals surface area contributed by atoms with Gasteiger partial charge in [0.15, 0.2) is 0 Å². The summed E-state index contributed by atoms with van der Waals surface area (Å²) in [6, 6.07) is 6.29. The van der Waals surface area contributed by atoms with E-state index < -0.39 is 10.0 Å². The fourth-order valence-corrected chi connectivity index (χ4v) is 4.28. The van der Waals surface area contributed by atoms with Crippen molar-refractivity contribution in [3.05, 3.63) is 29.8 Å². The monoisotopic (exact) mass is 379 g/mol. The van der Waals surface area contributed by atoms with Crippen LogP contribution in [0.2, 0.25) is 0 Å². The van der Waals surface area contributed by atoms with Gasteiger partial charge in [-0.1, -0.05) is 12.1 Å². The summed E-state index contributed by atoms with van der Waals surface area (Å²) in [5.41, 5.74) is 0.835. The fourth-order valence-electron chi connectivity index (χ4n) is 3.14. The molecule has 3 rings (SSSR count). The maximum atomic E-state index is 12.2. The SMILES string of the molecule is Cc1cccc(S(=O)(=O)NCCC(=O)N2CC(N3C(=O)CCC3=O)C2)c1. The summed E-state index contributed by atoms with van der Waals surface area (Å²) >= 11 is 0. The molecular formula is C17H21N3O5S. The number of hydrogen-bond acceptors (Lipinski definition) is 5. The standard InChI is InChI=1S/C17H21N3O5S/c1-12-3-2-4-14(9-12)26(24,25)18-8-7-15(21)19-10-13(11-19)20-16(22)5-6-17(20)23/h2-4,9,13,18H,5-8,10-11H2,1H3. The molecule has 9 heteroatoms. The van der Waals surface area contributed by atoms with E-state index in [1.807, 2.05) is 0 Å². The predicted molar refractivity (Wildman–Crippen MR) is 92.4 cm³/mol. The molecule has 26 heavy (non-hydrogen) atoms. The van der Waals surface area contributed by atoms with Gasteiger partial charge in [0.1, 0.15) is 0 Å². The zero-order valence-corrected chi connectivity index (χ0v) is 15.3. The highest BCUT2D eigenvalue weighted by molar-refractivity contribution is 7.89. The number of benzene rings is 1. The quantitative estimate of drug-likeness (QED) is 0.702. The zero-order valence-electron chi connectivity index (χ0n) is 14.5. The molecule has 2 heterocycles. The van der Waals surface area contributed by atoms with Crippen molar-refractivity contribution in [1.29, 1.82) is 0 Å². The van der Waals surface area contributed by atoms with Crippen LogP contribution in [-0.4, -0.2) is 61.6 Å². The Hall–Kier alpha value is -2.26. The van der Waals surface area contributed by atoms with Crippen molar-refractivity contribution in [1.82, 2.24) is 14.5 Å². The Balaban J connectivity index is 1.45. The van der Waals surface area contributed by atoms with Gasteiger partial charge in [0, 0.05) is 38.9 Å². The average molecular weight is 379 g/mol. The lowest BCUT2D eigenvalue weighted by molar-refractivity contribution is -0.151. The third kappa shape index (κ3) is 3.78. The number of likely N-dealkylation sites (tertiary alicyclic amines) is 2. The van der Waals surface area contributed by atoms with Crippen molar-refractivity contribution in [2.24, 2.45) is 0 Å². The first kappa shape index (κ1) is 18.5. The summed E-state index contributed by atoms with van der Waals surface area (Å²) < 4.78 is 26.8. The number of carbonyl (C=O) groups excluding carboxylic acids is 3. The van der Waals surface area contributed by atoms with Gasteiger partial charge in [-0.15, -0.1) is 0 Å². The summed E-state index contributed by atoms with van der Waals surface area (Å²) in [6.45, 7) is 2.44. The van der Waals surface area contributed by atoms with Crippen LogP contribution in [0, 0.1) is 6.92 Å². The van der Waals surface area contributed by atoms with Crippen molar-refractivity contribution in [2.45, 2.75) is 37.1 Å². The maximum absolute atomic E-state index is 12.2. The minimum absolute atomic E-state index is 0.00213. The number of hydrogen-bond donors (Lipinski definition) is 1. The van der Waals surface area contributed by atoms with Crippen molar-refractivity contribution in [2.75, 3.05) is 19.6 Å². The lowest BCUT2D eigenvalue weighted by Crippen LogP contribution is -2.62. The van der Waals surface area contributed by atoms with Crippen LogP contribution in [-0.2, 0) is 24.4 Å². The molecule has 0 spiro atoms. The zero-order chi connectivity index (χ0) is 18.9. The fraction of sp³-hybridized carbons (Fsp3) is 0.471. The lowest BCUT2D eigenvalue weighted by atomic mass is 10.1. The molecule has 0 aromatic heterocycles. The molecule has 0 radical (unpaired) electrons. The van der Waals surface area contributed by atoms with Gasteiger partial charge in [0.2, 0.25) is 27.7 Å². The minimum Gasteiger partial charge on any atom is -0.338 e. The Labute approximate surface area is 152 Å². The van der Waals surface area contributed by atoms with E-state index in [-0.39, 0.29) is 54.5 Å². The van der Waals surface area contributed by atoms with Crippen molar-refractivity contribution < 1.29 is 22.8 Å². The third-order valence-corrected chi connectivity index (χ3v) is 6.06. The topological polar surface area (TPSA) is 104 Å². The first-order valence-electron chi connectivity index (χ1n) is 8.47. The van der Waals surface area contributed by atoms with E-state index in [9.17, 15) is 22.8 Å². The number of sulfonamides is 1. The van der Waals surface area contributed by atoms with Crippen LogP contribution >= 0.6 is 0 Å². The van der Waals surface area contributed by atoms with Gasteiger partial charge < -0.3 is 4.90 Å². The Morgan fingerprint density at radius 1 is 1.19 bits per heavy atom. The van der Waals surface area contributed by atoms with E-state index in [0.717, 1.165) is 5.56 Å². The largest absolute Gasteiger partial charge is 0.338 e. The summed E-state index contributed by atoms with van der Waals surface area (Å²) in [4.78, 5) is 38.4. The number of carbonyl (C=O) groups is 3. The number of nitrogens with one attached hydrogen (secondary N) is 1. The smallest absolute Gasteiger partial charge is 0.240 e. The van der Waals surface area contributed by atoms with Crippen LogP contribution in [0.25, 0.3) is 0 Å². The van der Waals surface area contributed by atoms with Gasteiger partial charge in [-0.05, 0) is 24.6 Å². The van der Waals surface area contributed by atoms with Crippen LogP contribution in [0.3, 0.4) is 0 Å². The van der Waals surface area contributed by atoms with Crippen LogP contribution in [0.1, 0.15) is 24.8 Å². The van der Waals surface area contributed by atoms with E-state index in [4.69, 9.17) is 0 Å². The number of nitrogens with zero attached hydrogens (tertiary/aromatic N) is 2. The van der Waals surface area contributed by atoms with E-state index in [1.54, 1.807) is 25.1 Å². The van der Waals surface area contributed by atoms with Crippen LogP contribution < -0.4 is 4.72 Å². The Morgan fingerprint density at radius 2 is 1.85 bits per heavy atom. The van der Waals surface area contributed by atoms with Gasteiger partial charge in [0.05, 0.1) is 10.9 Å². The van der Waals surface area contributed by atoms with Gasteiger partial charge >= 0.3 is 0 Å². The second-order valence-electron chi connectivity index (χ2n) is 6.57. The maximum Gasteiger partial charge on any atom is 0.240 e. The van der Waals surface area contributed by atoms with Gasteiger partial charge in [-0.3, -0.25) is 19.3 Å². The molecule has 2 fully saturated rings. The first-order chi connectivity index (χ1) is 12.3.